The van der Waals surface area contributed by atoms with Crippen LogP contribution >= 0.6 is 0 Å². The second-order valence-electron chi connectivity index (χ2n) is 7.89. The van der Waals surface area contributed by atoms with Crippen molar-refractivity contribution in [2.75, 3.05) is 13.1 Å². The largest absolute Gasteiger partial charge is 0.486 e. The third-order valence-corrected chi connectivity index (χ3v) is 5.30. The Kier molecular flexibility index (Phi) is 6.48. The molecule has 2 aromatic heterocycles. The molecule has 1 fully saturated rings. The molecule has 0 saturated carbocycles. The Morgan fingerprint density at radius 2 is 2.15 bits per heavy atom. The van der Waals surface area contributed by atoms with Crippen molar-refractivity contribution in [3.05, 3.63) is 41.5 Å². The first-order valence-corrected chi connectivity index (χ1v) is 10.5. The minimum atomic E-state index is -0.580. The molecule has 12 heteroatoms. The zero-order valence-electron chi connectivity index (χ0n) is 18.2. The van der Waals surface area contributed by atoms with Crippen molar-refractivity contribution < 1.29 is 18.7 Å². The van der Waals surface area contributed by atoms with E-state index in [1.807, 2.05) is 13.8 Å². The third-order valence-electron chi connectivity index (χ3n) is 5.30. The van der Waals surface area contributed by atoms with Crippen molar-refractivity contribution in [1.29, 1.82) is 5.26 Å². The SMILES string of the molecule is CC(C)OC(=O)N1CCC(n2ncc(COc3ccc(-c4nn[nH]n4)cc3F)c2C#N)CC1. The summed E-state index contributed by atoms with van der Waals surface area (Å²) in [5.74, 6) is -0.267. The molecule has 11 nitrogen and oxygen atoms in total. The molecule has 1 aliphatic rings. The third kappa shape index (κ3) is 4.92. The van der Waals surface area contributed by atoms with Crippen LogP contribution in [0.1, 0.15) is 44.0 Å². The van der Waals surface area contributed by atoms with Crippen molar-refractivity contribution >= 4 is 6.09 Å². The Bertz CT molecular complexity index is 1150. The van der Waals surface area contributed by atoms with Crippen LogP contribution in [0.25, 0.3) is 11.4 Å². The van der Waals surface area contributed by atoms with Gasteiger partial charge in [-0.3, -0.25) is 4.68 Å². The summed E-state index contributed by atoms with van der Waals surface area (Å²) >= 11 is 0. The van der Waals surface area contributed by atoms with Gasteiger partial charge in [-0.1, -0.05) is 0 Å². The Labute approximate surface area is 189 Å². The van der Waals surface area contributed by atoms with Crippen molar-refractivity contribution in [2.45, 2.75) is 45.4 Å². The second-order valence-corrected chi connectivity index (χ2v) is 7.89. The Morgan fingerprint density at radius 3 is 2.79 bits per heavy atom. The van der Waals surface area contributed by atoms with Gasteiger partial charge in [-0.25, -0.2) is 9.18 Å². The number of rotatable bonds is 6. The number of halogens is 1. The first kappa shape index (κ1) is 22.2. The number of tetrazole rings is 1. The predicted molar refractivity (Wildman–Crippen MR) is 112 cm³/mol. The van der Waals surface area contributed by atoms with E-state index in [1.165, 1.54) is 12.1 Å². The summed E-state index contributed by atoms with van der Waals surface area (Å²) in [4.78, 5) is 13.7. The maximum atomic E-state index is 14.5. The normalized spacial score (nSPS) is 14.3. The Hall–Kier alpha value is -4.01. The molecule has 0 radical (unpaired) electrons. The molecule has 1 aromatic carbocycles. The molecule has 1 amide bonds. The van der Waals surface area contributed by atoms with E-state index in [0.717, 1.165) is 0 Å². The minimum Gasteiger partial charge on any atom is -0.486 e. The van der Waals surface area contributed by atoms with Crippen LogP contribution in [0.2, 0.25) is 0 Å². The number of nitriles is 1. The molecule has 4 rings (SSSR count). The summed E-state index contributed by atoms with van der Waals surface area (Å²) in [5.41, 5.74) is 1.38. The zero-order chi connectivity index (χ0) is 23.4. The number of benzene rings is 1. The Balaban J connectivity index is 1.40. The zero-order valence-corrected chi connectivity index (χ0v) is 18.2. The van der Waals surface area contributed by atoms with Crippen molar-refractivity contribution in [3.8, 4) is 23.2 Å². The molecule has 1 aliphatic heterocycles. The number of piperidine rings is 1. The molecule has 0 atom stereocenters. The fourth-order valence-corrected chi connectivity index (χ4v) is 3.67. The van der Waals surface area contributed by atoms with E-state index in [-0.39, 0.29) is 36.4 Å². The summed E-state index contributed by atoms with van der Waals surface area (Å²) < 4.78 is 27.0. The number of aromatic nitrogens is 6. The molecule has 0 aliphatic carbocycles. The van der Waals surface area contributed by atoms with Crippen molar-refractivity contribution in [2.24, 2.45) is 0 Å². The first-order chi connectivity index (χ1) is 16.0. The number of nitrogens with zero attached hydrogens (tertiary/aromatic N) is 7. The number of amides is 1. The number of hydrogen-bond acceptors (Lipinski definition) is 8. The smallest absolute Gasteiger partial charge is 0.410 e. The number of hydrogen-bond donors (Lipinski definition) is 1. The van der Waals surface area contributed by atoms with Crippen LogP contribution in [0, 0.1) is 17.1 Å². The molecule has 3 aromatic rings. The second kappa shape index (κ2) is 9.64. The lowest BCUT2D eigenvalue weighted by Gasteiger charge is -2.32. The highest BCUT2D eigenvalue weighted by Crippen LogP contribution is 2.27. The van der Waals surface area contributed by atoms with Gasteiger partial charge in [-0.2, -0.15) is 15.6 Å². The van der Waals surface area contributed by atoms with Crippen LogP contribution in [0.3, 0.4) is 0 Å². The van der Waals surface area contributed by atoms with Crippen LogP contribution < -0.4 is 4.74 Å². The lowest BCUT2D eigenvalue weighted by molar-refractivity contribution is 0.0652. The molecule has 0 bridgehead atoms. The van der Waals surface area contributed by atoms with Gasteiger partial charge in [0.2, 0.25) is 5.82 Å². The lowest BCUT2D eigenvalue weighted by atomic mass is 10.1. The van der Waals surface area contributed by atoms with E-state index < -0.39 is 5.82 Å². The highest BCUT2D eigenvalue weighted by Gasteiger charge is 2.28. The lowest BCUT2D eigenvalue weighted by Crippen LogP contribution is -2.40. The van der Waals surface area contributed by atoms with E-state index in [4.69, 9.17) is 9.47 Å². The van der Waals surface area contributed by atoms with Crippen molar-refractivity contribution in [3.63, 3.8) is 0 Å². The summed E-state index contributed by atoms with van der Waals surface area (Å²) in [5, 5.41) is 27.5. The number of carbonyl (C=O) groups is 1. The molecule has 33 heavy (non-hydrogen) atoms. The Morgan fingerprint density at radius 1 is 1.36 bits per heavy atom. The van der Waals surface area contributed by atoms with Gasteiger partial charge < -0.3 is 14.4 Å². The molecule has 172 valence electrons. The summed E-state index contributed by atoms with van der Waals surface area (Å²) in [6.45, 7) is 4.65. The van der Waals surface area contributed by atoms with Gasteiger partial charge in [0, 0.05) is 24.2 Å². The standard InChI is InChI=1S/C21H23FN8O3/c1-13(2)33-21(31)29-7-5-16(6-8-29)30-18(10-23)15(11-24-30)12-32-19-4-3-14(9-17(19)22)20-25-27-28-26-20/h3-4,9,11,13,16H,5-8,12H2,1-2H3,(H,25,26,27,28). The monoisotopic (exact) mass is 454 g/mol. The van der Waals surface area contributed by atoms with Gasteiger partial charge in [0.1, 0.15) is 18.4 Å². The van der Waals surface area contributed by atoms with E-state index in [2.05, 4.69) is 31.8 Å². The van der Waals surface area contributed by atoms with Gasteiger partial charge in [-0.15, -0.1) is 10.2 Å². The van der Waals surface area contributed by atoms with Gasteiger partial charge in [0.05, 0.1) is 18.3 Å². The van der Waals surface area contributed by atoms with Crippen LogP contribution in [0.15, 0.2) is 24.4 Å². The average Bonchev–Trinajstić information content (AvgIpc) is 3.48. The fourth-order valence-electron chi connectivity index (χ4n) is 3.67. The molecular weight excluding hydrogens is 431 g/mol. The summed E-state index contributed by atoms with van der Waals surface area (Å²) in [7, 11) is 0. The van der Waals surface area contributed by atoms with E-state index >= 15 is 0 Å². The quantitative estimate of drug-likeness (QED) is 0.601. The predicted octanol–water partition coefficient (Wildman–Crippen LogP) is 2.83. The van der Waals surface area contributed by atoms with Crippen LogP contribution in [0.5, 0.6) is 5.75 Å². The molecule has 0 unspecified atom stereocenters. The molecule has 1 N–H and O–H groups in total. The topological polar surface area (TPSA) is 135 Å². The summed E-state index contributed by atoms with van der Waals surface area (Å²) in [6.07, 6.45) is 2.36. The van der Waals surface area contributed by atoms with E-state index in [9.17, 15) is 14.4 Å². The highest BCUT2D eigenvalue weighted by molar-refractivity contribution is 5.67. The first-order valence-electron chi connectivity index (χ1n) is 10.5. The average molecular weight is 454 g/mol. The van der Waals surface area contributed by atoms with Gasteiger partial charge in [-0.05, 0) is 50.1 Å². The number of carbonyl (C=O) groups excluding carboxylic acids is 1. The number of ether oxygens (including phenoxy) is 2. The van der Waals surface area contributed by atoms with E-state index in [1.54, 1.807) is 21.8 Å². The molecular formula is C21H23FN8O3. The van der Waals surface area contributed by atoms with Gasteiger partial charge in [0.25, 0.3) is 0 Å². The van der Waals surface area contributed by atoms with Gasteiger partial charge in [0.15, 0.2) is 11.6 Å². The van der Waals surface area contributed by atoms with Crippen LogP contribution in [-0.2, 0) is 11.3 Å². The maximum absolute atomic E-state index is 14.5. The summed E-state index contributed by atoms with van der Waals surface area (Å²) in [6, 6.07) is 6.50. The maximum Gasteiger partial charge on any atom is 0.410 e. The van der Waals surface area contributed by atoms with E-state index in [0.29, 0.717) is 42.8 Å². The minimum absolute atomic E-state index is 0.0130. The highest BCUT2D eigenvalue weighted by atomic mass is 19.1. The number of likely N-dealkylation sites (tertiary alicyclic amines) is 1. The van der Waals surface area contributed by atoms with Gasteiger partial charge >= 0.3 is 6.09 Å². The molecule has 1 saturated heterocycles. The fraction of sp³-hybridized carbons (Fsp3) is 0.429. The number of H-pyrrole nitrogens is 1. The molecule has 3 heterocycles. The van der Waals surface area contributed by atoms with Crippen LogP contribution in [0.4, 0.5) is 9.18 Å². The number of aromatic amines is 1. The van der Waals surface area contributed by atoms with Crippen molar-refractivity contribution in [1.82, 2.24) is 35.3 Å². The molecule has 0 spiro atoms. The van der Waals surface area contributed by atoms with Crippen LogP contribution in [-0.4, -0.2) is 60.6 Å². The number of nitrogens with one attached hydrogen (secondary N) is 1.